The van der Waals surface area contributed by atoms with E-state index in [1.807, 2.05) is 0 Å². The number of nitrogens with one attached hydrogen (secondary N) is 1. The second kappa shape index (κ2) is 6.35. The number of anilines is 1. The Hall–Kier alpha value is -0.750. The standard InChI is InChI=1S/C13H7BrCl2FNOS/c14-9-2-1-7(20)5-8(9)13(19)18-6-3-10(15)12(17)11(16)4-6/h1-5,20H,(H,18,19). The summed E-state index contributed by atoms with van der Waals surface area (Å²) in [6, 6.07) is 7.64. The van der Waals surface area contributed by atoms with Crippen LogP contribution in [0.2, 0.25) is 10.0 Å². The van der Waals surface area contributed by atoms with E-state index in [2.05, 4.69) is 33.9 Å². The van der Waals surface area contributed by atoms with Crippen LogP contribution in [0, 0.1) is 5.82 Å². The van der Waals surface area contributed by atoms with Gasteiger partial charge in [-0.25, -0.2) is 4.39 Å². The first-order valence-corrected chi connectivity index (χ1v) is 7.32. The number of carbonyl (C=O) groups is 1. The lowest BCUT2D eigenvalue weighted by Crippen LogP contribution is -2.12. The summed E-state index contributed by atoms with van der Waals surface area (Å²) in [4.78, 5) is 12.8. The molecule has 0 bridgehead atoms. The fourth-order valence-electron chi connectivity index (χ4n) is 1.51. The van der Waals surface area contributed by atoms with Crippen molar-refractivity contribution in [3.8, 4) is 0 Å². The summed E-state index contributed by atoms with van der Waals surface area (Å²) < 4.78 is 13.9. The number of thiol groups is 1. The minimum Gasteiger partial charge on any atom is -0.322 e. The second-order valence-electron chi connectivity index (χ2n) is 3.87. The number of halogens is 4. The Kier molecular flexibility index (Phi) is 4.96. The van der Waals surface area contributed by atoms with Crippen molar-refractivity contribution in [1.82, 2.24) is 0 Å². The lowest BCUT2D eigenvalue weighted by molar-refractivity contribution is 0.102. The third-order valence-electron chi connectivity index (χ3n) is 2.44. The summed E-state index contributed by atoms with van der Waals surface area (Å²) in [5.74, 6) is -1.10. The van der Waals surface area contributed by atoms with E-state index < -0.39 is 5.82 Å². The predicted molar refractivity (Wildman–Crippen MR) is 85.8 cm³/mol. The molecule has 0 unspecified atom stereocenters. The molecule has 0 atom stereocenters. The van der Waals surface area contributed by atoms with E-state index in [4.69, 9.17) is 23.2 Å². The fraction of sp³-hybridized carbons (Fsp3) is 0. The summed E-state index contributed by atoms with van der Waals surface area (Å²) in [7, 11) is 0. The summed E-state index contributed by atoms with van der Waals surface area (Å²) in [5, 5.41) is 2.28. The molecular weight excluding hydrogens is 388 g/mol. The zero-order valence-corrected chi connectivity index (χ0v) is 13.7. The Morgan fingerprint density at radius 1 is 1.20 bits per heavy atom. The molecule has 0 aliphatic carbocycles. The number of carbonyl (C=O) groups excluding carboxylic acids is 1. The van der Waals surface area contributed by atoms with Crippen LogP contribution < -0.4 is 5.32 Å². The van der Waals surface area contributed by atoms with E-state index in [1.165, 1.54) is 12.1 Å². The van der Waals surface area contributed by atoms with Gasteiger partial charge in [-0.05, 0) is 46.3 Å². The van der Waals surface area contributed by atoms with Gasteiger partial charge in [-0.3, -0.25) is 4.79 Å². The van der Waals surface area contributed by atoms with Crippen molar-refractivity contribution in [2.45, 2.75) is 4.90 Å². The summed E-state index contributed by atoms with van der Waals surface area (Å²) >= 11 is 18.8. The predicted octanol–water partition coefficient (Wildman–Crippen LogP) is 5.44. The molecule has 2 nitrogen and oxygen atoms in total. The summed E-state index contributed by atoms with van der Waals surface area (Å²) in [6.45, 7) is 0. The Labute approximate surface area is 138 Å². The van der Waals surface area contributed by atoms with E-state index in [-0.39, 0.29) is 16.0 Å². The van der Waals surface area contributed by atoms with Crippen molar-refractivity contribution in [1.29, 1.82) is 0 Å². The smallest absolute Gasteiger partial charge is 0.256 e. The Morgan fingerprint density at radius 2 is 1.80 bits per heavy atom. The van der Waals surface area contributed by atoms with Crippen LogP contribution in [0.25, 0.3) is 0 Å². The molecular formula is C13H7BrCl2FNOS. The zero-order valence-electron chi connectivity index (χ0n) is 9.75. The van der Waals surface area contributed by atoms with Crippen LogP contribution >= 0.6 is 51.8 Å². The van der Waals surface area contributed by atoms with Gasteiger partial charge in [0.1, 0.15) is 0 Å². The van der Waals surface area contributed by atoms with Crippen molar-refractivity contribution in [3.05, 3.63) is 56.2 Å². The van der Waals surface area contributed by atoms with Gasteiger partial charge in [0.25, 0.3) is 5.91 Å². The van der Waals surface area contributed by atoms with Gasteiger partial charge < -0.3 is 5.32 Å². The van der Waals surface area contributed by atoms with Gasteiger partial charge in [0, 0.05) is 15.1 Å². The van der Waals surface area contributed by atoms with Gasteiger partial charge in [-0.15, -0.1) is 12.6 Å². The van der Waals surface area contributed by atoms with Gasteiger partial charge in [0.15, 0.2) is 5.82 Å². The van der Waals surface area contributed by atoms with Crippen molar-refractivity contribution in [3.63, 3.8) is 0 Å². The third-order valence-corrected chi connectivity index (χ3v) is 3.96. The lowest BCUT2D eigenvalue weighted by atomic mass is 10.2. The molecule has 0 fully saturated rings. The van der Waals surface area contributed by atoms with Crippen LogP contribution in [0.5, 0.6) is 0 Å². The summed E-state index contributed by atoms with van der Waals surface area (Å²) in [6.07, 6.45) is 0. The van der Waals surface area contributed by atoms with E-state index in [9.17, 15) is 9.18 Å². The highest BCUT2D eigenvalue weighted by molar-refractivity contribution is 9.10. The van der Waals surface area contributed by atoms with Gasteiger partial charge in [-0.2, -0.15) is 0 Å². The van der Waals surface area contributed by atoms with Gasteiger partial charge >= 0.3 is 0 Å². The van der Waals surface area contributed by atoms with Crippen LogP contribution in [0.15, 0.2) is 39.7 Å². The van der Waals surface area contributed by atoms with Crippen molar-refractivity contribution < 1.29 is 9.18 Å². The highest BCUT2D eigenvalue weighted by Crippen LogP contribution is 2.28. The van der Waals surface area contributed by atoms with Crippen LogP contribution in [-0.4, -0.2) is 5.91 Å². The van der Waals surface area contributed by atoms with Gasteiger partial charge in [-0.1, -0.05) is 23.2 Å². The van der Waals surface area contributed by atoms with Crippen LogP contribution in [0.1, 0.15) is 10.4 Å². The lowest BCUT2D eigenvalue weighted by Gasteiger charge is -2.09. The fourth-order valence-corrected chi connectivity index (χ4v) is 2.63. The van der Waals surface area contributed by atoms with Crippen LogP contribution in [0.4, 0.5) is 10.1 Å². The van der Waals surface area contributed by atoms with Crippen molar-refractivity contribution in [2.24, 2.45) is 0 Å². The van der Waals surface area contributed by atoms with E-state index in [1.54, 1.807) is 18.2 Å². The van der Waals surface area contributed by atoms with Crippen molar-refractivity contribution in [2.75, 3.05) is 5.32 Å². The molecule has 2 rings (SSSR count). The third kappa shape index (κ3) is 3.47. The maximum Gasteiger partial charge on any atom is 0.256 e. The number of hydrogen-bond donors (Lipinski definition) is 2. The average Bonchev–Trinajstić information content (AvgIpc) is 2.38. The molecule has 7 heteroatoms. The first-order valence-electron chi connectivity index (χ1n) is 5.33. The largest absolute Gasteiger partial charge is 0.322 e. The zero-order chi connectivity index (χ0) is 14.9. The Balaban J connectivity index is 2.30. The average molecular weight is 395 g/mol. The van der Waals surface area contributed by atoms with Crippen LogP contribution in [0.3, 0.4) is 0 Å². The number of hydrogen-bond acceptors (Lipinski definition) is 2. The molecule has 0 aliphatic heterocycles. The number of benzene rings is 2. The molecule has 0 saturated heterocycles. The van der Waals surface area contributed by atoms with Crippen LogP contribution in [-0.2, 0) is 0 Å². The quantitative estimate of drug-likeness (QED) is 0.515. The second-order valence-corrected chi connectivity index (χ2v) is 6.06. The molecule has 20 heavy (non-hydrogen) atoms. The molecule has 2 aromatic rings. The Bertz CT molecular complexity index is 673. The molecule has 0 saturated carbocycles. The van der Waals surface area contributed by atoms with E-state index in [0.29, 0.717) is 20.6 Å². The molecule has 0 heterocycles. The monoisotopic (exact) mass is 393 g/mol. The molecule has 0 spiro atoms. The number of amides is 1. The first-order chi connectivity index (χ1) is 9.38. The highest BCUT2D eigenvalue weighted by Gasteiger charge is 2.13. The molecule has 0 aliphatic rings. The number of rotatable bonds is 2. The van der Waals surface area contributed by atoms with E-state index in [0.717, 1.165) is 0 Å². The molecule has 0 radical (unpaired) electrons. The molecule has 1 amide bonds. The summed E-state index contributed by atoms with van der Waals surface area (Å²) in [5.41, 5.74) is 0.705. The molecule has 104 valence electrons. The molecule has 2 aromatic carbocycles. The molecule has 0 aromatic heterocycles. The van der Waals surface area contributed by atoms with E-state index >= 15 is 0 Å². The first kappa shape index (κ1) is 15.6. The Morgan fingerprint density at radius 3 is 2.40 bits per heavy atom. The maximum atomic E-state index is 13.3. The maximum absolute atomic E-state index is 13.3. The SMILES string of the molecule is O=C(Nc1cc(Cl)c(F)c(Cl)c1)c1cc(S)ccc1Br. The van der Waals surface area contributed by atoms with Gasteiger partial charge in [0.05, 0.1) is 15.6 Å². The minimum atomic E-state index is -0.718. The normalized spacial score (nSPS) is 10.4. The molecule has 1 N–H and O–H groups in total. The topological polar surface area (TPSA) is 29.1 Å². The van der Waals surface area contributed by atoms with Gasteiger partial charge in [0.2, 0.25) is 0 Å². The van der Waals surface area contributed by atoms with Crippen molar-refractivity contribution >= 4 is 63.4 Å². The highest BCUT2D eigenvalue weighted by atomic mass is 79.9. The minimum absolute atomic E-state index is 0.158.